The molecule has 2 rings (SSSR count). The molecular formula is C13H13FN2O4S. The molecule has 0 spiro atoms. The predicted molar refractivity (Wildman–Crippen MR) is 70.2 cm³/mol. The number of carbonyl (C=O) groups excluding carboxylic acids is 1. The quantitative estimate of drug-likeness (QED) is 0.769. The third kappa shape index (κ3) is 3.56. The molecule has 1 fully saturated rings. The molecule has 1 aromatic carbocycles. The van der Waals surface area contributed by atoms with Crippen molar-refractivity contribution in [1.29, 1.82) is 5.26 Å². The van der Waals surface area contributed by atoms with Gasteiger partial charge in [-0.05, 0) is 12.1 Å². The van der Waals surface area contributed by atoms with Crippen molar-refractivity contribution in [2.24, 2.45) is 0 Å². The van der Waals surface area contributed by atoms with Gasteiger partial charge in [-0.1, -0.05) is 18.2 Å². The molecule has 0 N–H and O–H groups in total. The highest BCUT2D eigenvalue weighted by atomic mass is 32.2. The van der Waals surface area contributed by atoms with Crippen molar-refractivity contribution in [1.82, 2.24) is 4.90 Å². The van der Waals surface area contributed by atoms with Crippen molar-refractivity contribution in [3.05, 3.63) is 30.3 Å². The number of alkyl halides is 1. The van der Waals surface area contributed by atoms with Crippen LogP contribution in [-0.4, -0.2) is 44.6 Å². The summed E-state index contributed by atoms with van der Waals surface area (Å²) >= 11 is 0. The van der Waals surface area contributed by atoms with Crippen LogP contribution in [0.2, 0.25) is 0 Å². The smallest absolute Gasteiger partial charge is 0.297 e. The van der Waals surface area contributed by atoms with Crippen LogP contribution in [0.3, 0.4) is 0 Å². The third-order valence-corrected chi connectivity index (χ3v) is 4.37. The first-order chi connectivity index (χ1) is 9.94. The van der Waals surface area contributed by atoms with Gasteiger partial charge in [0.15, 0.2) is 0 Å². The van der Waals surface area contributed by atoms with E-state index in [1.807, 2.05) is 6.07 Å². The average molecular weight is 312 g/mol. The summed E-state index contributed by atoms with van der Waals surface area (Å²) in [6.45, 7) is -0.964. The van der Waals surface area contributed by atoms with Crippen LogP contribution in [0, 0.1) is 11.3 Å². The second-order valence-corrected chi connectivity index (χ2v) is 6.17. The van der Waals surface area contributed by atoms with Gasteiger partial charge in [0, 0.05) is 6.42 Å². The van der Waals surface area contributed by atoms with Crippen molar-refractivity contribution >= 4 is 16.0 Å². The Labute approximate surface area is 121 Å². The van der Waals surface area contributed by atoms with Gasteiger partial charge < -0.3 is 4.90 Å². The molecule has 1 aromatic rings. The Hall–Kier alpha value is -1.98. The van der Waals surface area contributed by atoms with Crippen LogP contribution >= 0.6 is 0 Å². The summed E-state index contributed by atoms with van der Waals surface area (Å²) in [5.41, 5.74) is 0. The first-order valence-electron chi connectivity index (χ1n) is 6.21. The molecule has 2 atom stereocenters. The highest BCUT2D eigenvalue weighted by Crippen LogP contribution is 2.20. The zero-order valence-corrected chi connectivity index (χ0v) is 11.8. The fourth-order valence-corrected chi connectivity index (χ4v) is 2.93. The lowest BCUT2D eigenvalue weighted by Gasteiger charge is -2.18. The highest BCUT2D eigenvalue weighted by Gasteiger charge is 2.35. The molecule has 1 aliphatic heterocycles. The zero-order valence-electron chi connectivity index (χ0n) is 11.0. The van der Waals surface area contributed by atoms with Crippen molar-refractivity contribution in [3.63, 3.8) is 0 Å². The maximum atomic E-state index is 13.2. The molecule has 1 aliphatic rings. The van der Waals surface area contributed by atoms with Crippen molar-refractivity contribution in [2.45, 2.75) is 23.5 Å². The lowest BCUT2D eigenvalue weighted by Crippen LogP contribution is -2.38. The number of likely N-dealkylation sites (tertiary alicyclic amines) is 1. The van der Waals surface area contributed by atoms with E-state index in [1.54, 1.807) is 6.07 Å². The summed E-state index contributed by atoms with van der Waals surface area (Å²) in [5, 5.41) is 8.84. The van der Waals surface area contributed by atoms with Crippen LogP contribution < -0.4 is 0 Å². The van der Waals surface area contributed by atoms with Crippen LogP contribution in [0.5, 0.6) is 0 Å². The number of rotatable bonds is 4. The van der Waals surface area contributed by atoms with E-state index in [9.17, 15) is 17.6 Å². The number of halogens is 1. The third-order valence-electron chi connectivity index (χ3n) is 3.09. The van der Waals surface area contributed by atoms with E-state index in [1.165, 1.54) is 24.3 Å². The van der Waals surface area contributed by atoms with E-state index in [0.29, 0.717) is 0 Å². The fourth-order valence-electron chi connectivity index (χ4n) is 2.05. The molecule has 112 valence electrons. The molecule has 0 saturated carbocycles. The first kappa shape index (κ1) is 15.4. The Balaban J connectivity index is 2.00. The van der Waals surface area contributed by atoms with Gasteiger partial charge in [-0.2, -0.15) is 13.7 Å². The Morgan fingerprint density at radius 2 is 2.10 bits per heavy atom. The zero-order chi connectivity index (χ0) is 15.5. The van der Waals surface area contributed by atoms with Crippen LogP contribution in [-0.2, 0) is 19.1 Å². The number of benzene rings is 1. The monoisotopic (exact) mass is 312 g/mol. The van der Waals surface area contributed by atoms with Crippen LogP contribution in [0.15, 0.2) is 35.2 Å². The summed E-state index contributed by atoms with van der Waals surface area (Å²) in [6.07, 6.45) is -1.34. The van der Waals surface area contributed by atoms with E-state index in [-0.39, 0.29) is 17.9 Å². The summed E-state index contributed by atoms with van der Waals surface area (Å²) < 4.78 is 41.5. The van der Waals surface area contributed by atoms with Gasteiger partial charge in [-0.15, -0.1) is 0 Å². The summed E-state index contributed by atoms with van der Waals surface area (Å²) in [4.78, 5) is 12.8. The molecule has 0 aliphatic carbocycles. The Bertz CT molecular complexity index is 656. The number of amides is 1. The van der Waals surface area contributed by atoms with E-state index in [4.69, 9.17) is 5.26 Å². The molecule has 1 amide bonds. The SMILES string of the molecule is N#CC1CC(F)CN1C(=O)COS(=O)(=O)c1ccccc1. The molecule has 8 heteroatoms. The van der Waals surface area contributed by atoms with E-state index in [0.717, 1.165) is 4.90 Å². The molecule has 21 heavy (non-hydrogen) atoms. The molecule has 0 radical (unpaired) electrons. The first-order valence-corrected chi connectivity index (χ1v) is 7.62. The lowest BCUT2D eigenvalue weighted by atomic mass is 10.2. The molecule has 6 nitrogen and oxygen atoms in total. The van der Waals surface area contributed by atoms with Crippen molar-refractivity contribution in [2.75, 3.05) is 13.2 Å². The molecule has 0 aromatic heterocycles. The Morgan fingerprint density at radius 3 is 2.71 bits per heavy atom. The van der Waals surface area contributed by atoms with Crippen LogP contribution in [0.25, 0.3) is 0 Å². The van der Waals surface area contributed by atoms with Gasteiger partial charge in [0.2, 0.25) is 0 Å². The van der Waals surface area contributed by atoms with E-state index < -0.39 is 34.8 Å². The van der Waals surface area contributed by atoms with Crippen molar-refractivity contribution in [3.8, 4) is 6.07 Å². The highest BCUT2D eigenvalue weighted by molar-refractivity contribution is 7.86. The van der Waals surface area contributed by atoms with Crippen LogP contribution in [0.1, 0.15) is 6.42 Å². The Kier molecular flexibility index (Phi) is 4.55. The predicted octanol–water partition coefficient (Wildman–Crippen LogP) is 0.854. The largest absolute Gasteiger partial charge is 0.322 e. The Morgan fingerprint density at radius 1 is 1.43 bits per heavy atom. The van der Waals surface area contributed by atoms with Crippen LogP contribution in [0.4, 0.5) is 4.39 Å². The molecular weight excluding hydrogens is 299 g/mol. The maximum absolute atomic E-state index is 13.2. The fraction of sp³-hybridized carbons (Fsp3) is 0.385. The summed E-state index contributed by atoms with van der Waals surface area (Å²) in [6, 6.07) is 8.31. The second kappa shape index (κ2) is 6.20. The van der Waals surface area contributed by atoms with Gasteiger partial charge in [0.05, 0.1) is 17.5 Å². The lowest BCUT2D eigenvalue weighted by molar-refractivity contribution is -0.133. The summed E-state index contributed by atoms with van der Waals surface area (Å²) in [5.74, 6) is -0.721. The average Bonchev–Trinajstić information content (AvgIpc) is 2.87. The minimum atomic E-state index is -4.05. The number of nitrogens with zero attached hydrogens (tertiary/aromatic N) is 2. The van der Waals surface area contributed by atoms with Gasteiger partial charge in [-0.3, -0.25) is 8.98 Å². The number of hydrogen-bond donors (Lipinski definition) is 0. The standard InChI is InChI=1S/C13H13FN2O4S/c14-10-6-11(7-15)16(8-10)13(17)9-20-21(18,19)12-4-2-1-3-5-12/h1-5,10-11H,6,8-9H2. The molecule has 2 unspecified atom stereocenters. The van der Waals surface area contributed by atoms with Gasteiger partial charge >= 0.3 is 0 Å². The normalized spacial score (nSPS) is 22.0. The minimum absolute atomic E-state index is 0.0618. The van der Waals surface area contributed by atoms with E-state index in [2.05, 4.69) is 4.18 Å². The molecule has 1 heterocycles. The second-order valence-electron chi connectivity index (χ2n) is 4.55. The minimum Gasteiger partial charge on any atom is -0.322 e. The number of nitriles is 1. The number of hydrogen-bond acceptors (Lipinski definition) is 5. The van der Waals surface area contributed by atoms with Crippen molar-refractivity contribution < 1.29 is 21.8 Å². The topological polar surface area (TPSA) is 87.5 Å². The molecule has 1 saturated heterocycles. The maximum Gasteiger partial charge on any atom is 0.297 e. The van der Waals surface area contributed by atoms with E-state index >= 15 is 0 Å². The molecule has 0 bridgehead atoms. The summed E-state index contributed by atoms with van der Waals surface area (Å²) in [7, 11) is -4.05. The van der Waals surface area contributed by atoms with Gasteiger partial charge in [-0.25, -0.2) is 4.39 Å². The van der Waals surface area contributed by atoms with Gasteiger partial charge in [0.1, 0.15) is 18.8 Å². The van der Waals surface area contributed by atoms with Gasteiger partial charge in [0.25, 0.3) is 16.0 Å². The number of carbonyl (C=O) groups is 1.